The van der Waals surface area contributed by atoms with Gasteiger partial charge in [-0.2, -0.15) is 0 Å². The molecule has 96 valence electrons. The molecule has 1 saturated carbocycles. The number of rotatable bonds is 3. The Labute approximate surface area is 108 Å². The third-order valence-electron chi connectivity index (χ3n) is 2.67. The molecular weight excluding hydrogens is 261 g/mol. The Hall–Kier alpha value is -1.62. The van der Waals surface area contributed by atoms with Crippen molar-refractivity contribution in [1.29, 1.82) is 0 Å². The molecule has 1 amide bonds. The van der Waals surface area contributed by atoms with Gasteiger partial charge in [-0.1, -0.05) is 11.6 Å². The second kappa shape index (κ2) is 4.94. The number of halogens is 2. The van der Waals surface area contributed by atoms with Crippen LogP contribution in [0.4, 0.5) is 10.1 Å². The first-order valence-corrected chi connectivity index (χ1v) is 5.79. The number of benzene rings is 1. The molecule has 6 heteroatoms. The van der Waals surface area contributed by atoms with Crippen LogP contribution in [0.2, 0.25) is 5.02 Å². The second-order valence-corrected chi connectivity index (χ2v) is 4.47. The fourth-order valence-electron chi connectivity index (χ4n) is 1.49. The standard InChI is InChI=1S/C12H11ClFNO3/c1-18-12(17)7-4-10(8(13)5-9(7)14)15-11(16)6-2-3-6/h4-6H,2-3H2,1H3,(H,15,16). The predicted molar refractivity (Wildman–Crippen MR) is 64.1 cm³/mol. The highest BCUT2D eigenvalue weighted by atomic mass is 35.5. The lowest BCUT2D eigenvalue weighted by atomic mass is 10.2. The van der Waals surface area contributed by atoms with Gasteiger partial charge in [0, 0.05) is 5.92 Å². The summed E-state index contributed by atoms with van der Waals surface area (Å²) in [5.74, 6) is -1.77. The van der Waals surface area contributed by atoms with Gasteiger partial charge in [-0.25, -0.2) is 9.18 Å². The number of carbonyl (C=O) groups is 2. The van der Waals surface area contributed by atoms with E-state index in [4.69, 9.17) is 11.6 Å². The maximum absolute atomic E-state index is 13.5. The molecule has 1 aromatic rings. The Kier molecular flexibility index (Phi) is 3.52. The molecule has 0 saturated heterocycles. The average Bonchev–Trinajstić information content (AvgIpc) is 3.15. The summed E-state index contributed by atoms with van der Waals surface area (Å²) >= 11 is 5.81. The van der Waals surface area contributed by atoms with Crippen molar-refractivity contribution in [1.82, 2.24) is 0 Å². The van der Waals surface area contributed by atoms with Gasteiger partial charge in [0.05, 0.1) is 23.4 Å². The molecule has 0 aromatic heterocycles. The summed E-state index contributed by atoms with van der Waals surface area (Å²) in [4.78, 5) is 22.9. The average molecular weight is 272 g/mol. The number of anilines is 1. The van der Waals surface area contributed by atoms with Gasteiger partial charge >= 0.3 is 5.97 Å². The molecule has 1 fully saturated rings. The van der Waals surface area contributed by atoms with Crippen molar-refractivity contribution < 1.29 is 18.7 Å². The van der Waals surface area contributed by atoms with Crippen LogP contribution in [0.25, 0.3) is 0 Å². The SMILES string of the molecule is COC(=O)c1cc(NC(=O)C2CC2)c(Cl)cc1F. The molecule has 2 rings (SSSR count). The molecule has 18 heavy (non-hydrogen) atoms. The van der Waals surface area contributed by atoms with E-state index in [0.717, 1.165) is 26.0 Å². The van der Waals surface area contributed by atoms with Gasteiger partial charge in [0.2, 0.25) is 5.91 Å². The minimum atomic E-state index is -0.814. The van der Waals surface area contributed by atoms with Crippen LogP contribution in [0.15, 0.2) is 12.1 Å². The van der Waals surface area contributed by atoms with Crippen LogP contribution in [0, 0.1) is 11.7 Å². The number of methoxy groups -OCH3 is 1. The Morgan fingerprint density at radius 1 is 1.44 bits per heavy atom. The zero-order chi connectivity index (χ0) is 13.3. The van der Waals surface area contributed by atoms with Gasteiger partial charge in [-0.05, 0) is 25.0 Å². The van der Waals surface area contributed by atoms with Crippen LogP contribution in [0.1, 0.15) is 23.2 Å². The highest BCUT2D eigenvalue weighted by Crippen LogP contribution is 2.32. The molecule has 0 spiro atoms. The van der Waals surface area contributed by atoms with Crippen molar-refractivity contribution in [3.63, 3.8) is 0 Å². The molecule has 1 aliphatic rings. The van der Waals surface area contributed by atoms with Crippen LogP contribution in [-0.4, -0.2) is 19.0 Å². The molecule has 1 aromatic carbocycles. The maximum Gasteiger partial charge on any atom is 0.340 e. The van der Waals surface area contributed by atoms with Gasteiger partial charge in [0.25, 0.3) is 0 Å². The lowest BCUT2D eigenvalue weighted by Gasteiger charge is -2.09. The highest BCUT2D eigenvalue weighted by Gasteiger charge is 2.30. The van der Waals surface area contributed by atoms with Crippen molar-refractivity contribution in [2.45, 2.75) is 12.8 Å². The van der Waals surface area contributed by atoms with E-state index in [9.17, 15) is 14.0 Å². The van der Waals surface area contributed by atoms with E-state index in [2.05, 4.69) is 10.1 Å². The summed E-state index contributed by atoms with van der Waals surface area (Å²) < 4.78 is 17.9. The van der Waals surface area contributed by atoms with Gasteiger partial charge in [0.15, 0.2) is 0 Å². The predicted octanol–water partition coefficient (Wildman–Crippen LogP) is 2.61. The first-order chi connectivity index (χ1) is 8.52. The van der Waals surface area contributed by atoms with Crippen LogP contribution in [0.5, 0.6) is 0 Å². The van der Waals surface area contributed by atoms with Gasteiger partial charge in [0.1, 0.15) is 5.82 Å². The number of esters is 1. The van der Waals surface area contributed by atoms with Crippen molar-refractivity contribution in [3.05, 3.63) is 28.5 Å². The smallest absolute Gasteiger partial charge is 0.340 e. The molecule has 0 aliphatic heterocycles. The largest absolute Gasteiger partial charge is 0.465 e. The van der Waals surface area contributed by atoms with Crippen molar-refractivity contribution >= 4 is 29.2 Å². The first-order valence-electron chi connectivity index (χ1n) is 5.41. The molecule has 1 aliphatic carbocycles. The van der Waals surface area contributed by atoms with E-state index >= 15 is 0 Å². The molecule has 0 radical (unpaired) electrons. The van der Waals surface area contributed by atoms with Crippen molar-refractivity contribution in [2.75, 3.05) is 12.4 Å². The summed E-state index contributed by atoms with van der Waals surface area (Å²) in [6.07, 6.45) is 1.68. The van der Waals surface area contributed by atoms with E-state index in [1.54, 1.807) is 0 Å². The molecule has 0 bridgehead atoms. The lowest BCUT2D eigenvalue weighted by Crippen LogP contribution is -2.15. The van der Waals surface area contributed by atoms with Gasteiger partial charge in [-0.3, -0.25) is 4.79 Å². The summed E-state index contributed by atoms with van der Waals surface area (Å²) in [6.45, 7) is 0. The van der Waals surface area contributed by atoms with Crippen molar-refractivity contribution in [2.24, 2.45) is 5.92 Å². The molecule has 0 unspecified atom stereocenters. The van der Waals surface area contributed by atoms with Gasteiger partial charge in [-0.15, -0.1) is 0 Å². The minimum Gasteiger partial charge on any atom is -0.465 e. The summed E-state index contributed by atoms with van der Waals surface area (Å²) in [6, 6.07) is 2.17. The summed E-state index contributed by atoms with van der Waals surface area (Å²) in [7, 11) is 1.15. The minimum absolute atomic E-state index is 0.00676. The second-order valence-electron chi connectivity index (χ2n) is 4.07. The molecule has 4 nitrogen and oxygen atoms in total. The summed E-state index contributed by atoms with van der Waals surface area (Å²) in [5, 5.41) is 2.62. The van der Waals surface area contributed by atoms with Crippen LogP contribution in [-0.2, 0) is 9.53 Å². The fourth-order valence-corrected chi connectivity index (χ4v) is 1.69. The van der Waals surface area contributed by atoms with Crippen LogP contribution in [0.3, 0.4) is 0 Å². The Bertz CT molecular complexity index is 514. The van der Waals surface area contributed by atoms with E-state index in [1.807, 2.05) is 0 Å². The quantitative estimate of drug-likeness (QED) is 0.860. The van der Waals surface area contributed by atoms with E-state index in [1.165, 1.54) is 6.07 Å². The zero-order valence-corrected chi connectivity index (χ0v) is 10.4. The third-order valence-corrected chi connectivity index (χ3v) is 2.98. The topological polar surface area (TPSA) is 55.4 Å². The molecule has 0 atom stereocenters. The number of amides is 1. The molecular formula is C12H11ClFNO3. The first kappa shape index (κ1) is 12.8. The number of carbonyl (C=O) groups excluding carboxylic acids is 2. The zero-order valence-electron chi connectivity index (χ0n) is 9.63. The Morgan fingerprint density at radius 3 is 2.67 bits per heavy atom. The van der Waals surface area contributed by atoms with Crippen molar-refractivity contribution in [3.8, 4) is 0 Å². The van der Waals surface area contributed by atoms with Crippen LogP contribution >= 0.6 is 11.6 Å². The van der Waals surface area contributed by atoms with E-state index in [0.29, 0.717) is 0 Å². The fraction of sp³-hybridized carbons (Fsp3) is 0.333. The van der Waals surface area contributed by atoms with Crippen LogP contribution < -0.4 is 5.32 Å². The molecule has 1 N–H and O–H groups in total. The van der Waals surface area contributed by atoms with E-state index < -0.39 is 11.8 Å². The Balaban J connectivity index is 2.28. The molecule has 0 heterocycles. The monoisotopic (exact) mass is 271 g/mol. The highest BCUT2D eigenvalue weighted by molar-refractivity contribution is 6.34. The normalized spacial score (nSPS) is 14.2. The maximum atomic E-state index is 13.5. The van der Waals surface area contributed by atoms with E-state index in [-0.39, 0.29) is 28.1 Å². The Morgan fingerprint density at radius 2 is 2.11 bits per heavy atom. The number of nitrogens with one attached hydrogen (secondary N) is 1. The number of hydrogen-bond acceptors (Lipinski definition) is 3. The third kappa shape index (κ3) is 2.61. The summed E-state index contributed by atoms with van der Waals surface area (Å²) in [5.41, 5.74) is -0.0386. The number of ether oxygens (including phenoxy) is 1. The lowest BCUT2D eigenvalue weighted by molar-refractivity contribution is -0.117. The van der Waals surface area contributed by atoms with Gasteiger partial charge < -0.3 is 10.1 Å². The number of hydrogen-bond donors (Lipinski definition) is 1.